The molecule has 3 aliphatic rings. The molecule has 2 fully saturated rings. The molecule has 41 heavy (non-hydrogen) atoms. The van der Waals surface area contributed by atoms with E-state index in [1.54, 1.807) is 36.4 Å². The summed E-state index contributed by atoms with van der Waals surface area (Å²) in [4.78, 5) is 59.6. The first-order chi connectivity index (χ1) is 19.8. The highest BCUT2D eigenvalue weighted by Crippen LogP contribution is 2.63. The predicted octanol–water partition coefficient (Wildman–Crippen LogP) is 5.14. The first-order valence-corrected chi connectivity index (χ1v) is 13.2. The van der Waals surface area contributed by atoms with Crippen molar-refractivity contribution in [1.82, 2.24) is 0 Å². The minimum atomic E-state index is -1.65. The summed E-state index contributed by atoms with van der Waals surface area (Å²) in [5.74, 6) is -6.67. The molecule has 8 heteroatoms. The molecule has 2 aliphatic heterocycles. The molecule has 0 spiro atoms. The zero-order chi connectivity index (χ0) is 28.5. The van der Waals surface area contributed by atoms with E-state index >= 15 is 0 Å². The van der Waals surface area contributed by atoms with Crippen molar-refractivity contribution in [2.24, 2.45) is 11.3 Å². The minimum absolute atomic E-state index is 0.0204. The van der Waals surface area contributed by atoms with Crippen LogP contribution < -0.4 is 9.80 Å². The Bertz CT molecular complexity index is 1740. The van der Waals surface area contributed by atoms with Crippen LogP contribution in [0.1, 0.15) is 28.5 Å². The summed E-state index contributed by atoms with van der Waals surface area (Å²) in [7, 11) is 0. The molecule has 202 valence electrons. The Morgan fingerprint density at radius 2 is 1.12 bits per heavy atom. The Labute approximate surface area is 233 Å². The van der Waals surface area contributed by atoms with Crippen molar-refractivity contribution in [2.75, 3.05) is 9.80 Å². The van der Waals surface area contributed by atoms with Gasteiger partial charge in [0.1, 0.15) is 11.6 Å². The van der Waals surface area contributed by atoms with E-state index in [2.05, 4.69) is 0 Å². The van der Waals surface area contributed by atoms with Crippen LogP contribution in [-0.2, 0) is 25.6 Å². The molecular formula is C33H22F2N2O4. The number of hydrogen-bond acceptors (Lipinski definition) is 4. The van der Waals surface area contributed by atoms with Gasteiger partial charge in [0.05, 0.1) is 34.5 Å². The van der Waals surface area contributed by atoms with Crippen LogP contribution in [0.15, 0.2) is 103 Å². The second-order valence-electron chi connectivity index (χ2n) is 10.7. The van der Waals surface area contributed by atoms with E-state index in [4.69, 9.17) is 0 Å². The van der Waals surface area contributed by atoms with Crippen LogP contribution >= 0.6 is 0 Å². The Morgan fingerprint density at radius 3 is 1.73 bits per heavy atom. The third-order valence-electron chi connectivity index (χ3n) is 8.60. The van der Waals surface area contributed by atoms with Crippen LogP contribution in [0.25, 0.3) is 0 Å². The lowest BCUT2D eigenvalue weighted by molar-refractivity contribution is -0.138. The second-order valence-corrected chi connectivity index (χ2v) is 10.7. The van der Waals surface area contributed by atoms with Gasteiger partial charge in [-0.2, -0.15) is 0 Å². The van der Waals surface area contributed by atoms with Crippen molar-refractivity contribution in [1.29, 1.82) is 0 Å². The zero-order valence-electron chi connectivity index (χ0n) is 21.5. The average molecular weight is 549 g/mol. The molecule has 0 aromatic heterocycles. The van der Waals surface area contributed by atoms with Gasteiger partial charge < -0.3 is 0 Å². The van der Waals surface area contributed by atoms with E-state index in [0.29, 0.717) is 11.1 Å². The van der Waals surface area contributed by atoms with Crippen LogP contribution in [0.5, 0.6) is 0 Å². The van der Waals surface area contributed by atoms with Gasteiger partial charge in [-0.1, -0.05) is 54.6 Å². The standard InChI is InChI=1S/C33H22F2N2O4/c34-20-10-14-22(15-11-20)36-29(38)26-24-8-4-5-9-25(24)27-30(39)37(23-16-12-21(35)13-17-23)32(41)33(27,28(26)31(36)40)18-19-6-2-1-3-7-19/h1-17,26-28H,18H2/t26-,27+,28-,33+/m1/s1. The van der Waals surface area contributed by atoms with E-state index in [9.17, 15) is 28.0 Å². The number of anilines is 2. The van der Waals surface area contributed by atoms with Gasteiger partial charge in [0, 0.05) is 0 Å². The molecule has 6 nitrogen and oxygen atoms in total. The van der Waals surface area contributed by atoms with Crippen LogP contribution in [0, 0.1) is 23.0 Å². The molecule has 1 aliphatic carbocycles. The minimum Gasteiger partial charge on any atom is -0.274 e. The highest BCUT2D eigenvalue weighted by atomic mass is 19.1. The van der Waals surface area contributed by atoms with E-state index < -0.39 is 58.4 Å². The Hall–Kier alpha value is -4.98. The van der Waals surface area contributed by atoms with Gasteiger partial charge in [0.25, 0.3) is 0 Å². The fourth-order valence-corrected chi connectivity index (χ4v) is 6.96. The van der Waals surface area contributed by atoms with Crippen molar-refractivity contribution in [3.8, 4) is 0 Å². The molecule has 2 saturated heterocycles. The number of halogens is 2. The summed E-state index contributed by atoms with van der Waals surface area (Å²) in [6.07, 6.45) is 0.0204. The normalized spacial score (nSPS) is 24.9. The van der Waals surface area contributed by atoms with Crippen LogP contribution in [0.4, 0.5) is 20.2 Å². The predicted molar refractivity (Wildman–Crippen MR) is 146 cm³/mol. The number of hydrogen-bond donors (Lipinski definition) is 0. The van der Waals surface area contributed by atoms with E-state index in [-0.39, 0.29) is 17.8 Å². The monoisotopic (exact) mass is 548 g/mol. The number of rotatable bonds is 4. The summed E-state index contributed by atoms with van der Waals surface area (Å²) >= 11 is 0. The maximum Gasteiger partial charge on any atom is 0.242 e. The van der Waals surface area contributed by atoms with Gasteiger partial charge in [-0.25, -0.2) is 18.6 Å². The molecule has 2 heterocycles. The Kier molecular flexibility index (Phi) is 5.51. The number of nitrogens with zero attached hydrogens (tertiary/aromatic N) is 2. The zero-order valence-corrected chi connectivity index (χ0v) is 21.5. The van der Waals surface area contributed by atoms with Crippen molar-refractivity contribution >= 4 is 35.0 Å². The summed E-state index contributed by atoms with van der Waals surface area (Å²) in [6.45, 7) is 0. The topological polar surface area (TPSA) is 74.8 Å². The van der Waals surface area contributed by atoms with Gasteiger partial charge in [0.15, 0.2) is 0 Å². The maximum absolute atomic E-state index is 14.7. The van der Waals surface area contributed by atoms with Crippen LogP contribution in [0.3, 0.4) is 0 Å². The molecule has 4 aromatic rings. The molecule has 0 radical (unpaired) electrons. The van der Waals surface area contributed by atoms with Gasteiger partial charge in [-0.05, 0) is 71.6 Å². The van der Waals surface area contributed by atoms with Gasteiger partial charge in [-0.3, -0.25) is 19.2 Å². The van der Waals surface area contributed by atoms with Crippen molar-refractivity contribution in [3.63, 3.8) is 0 Å². The highest BCUT2D eigenvalue weighted by molar-refractivity contribution is 6.31. The number of fused-ring (bicyclic) bond motifs is 6. The van der Waals surface area contributed by atoms with E-state index in [1.165, 1.54) is 36.4 Å². The van der Waals surface area contributed by atoms with Crippen LogP contribution in [0.2, 0.25) is 0 Å². The number of carbonyl (C=O) groups is 4. The number of amides is 4. The van der Waals surface area contributed by atoms with Crippen molar-refractivity contribution in [3.05, 3.63) is 131 Å². The van der Waals surface area contributed by atoms with Crippen molar-refractivity contribution < 1.29 is 28.0 Å². The molecule has 4 atom stereocenters. The molecular weight excluding hydrogens is 526 g/mol. The summed E-state index contributed by atoms with van der Waals surface area (Å²) in [5.41, 5.74) is 0.466. The maximum atomic E-state index is 14.7. The lowest BCUT2D eigenvalue weighted by atomic mass is 9.54. The molecule has 0 unspecified atom stereocenters. The summed E-state index contributed by atoms with van der Waals surface area (Å²) in [6, 6.07) is 26.1. The Morgan fingerprint density at radius 1 is 0.585 bits per heavy atom. The summed E-state index contributed by atoms with van der Waals surface area (Å²) < 4.78 is 27.6. The van der Waals surface area contributed by atoms with Crippen molar-refractivity contribution in [2.45, 2.75) is 18.3 Å². The van der Waals surface area contributed by atoms with Gasteiger partial charge >= 0.3 is 0 Å². The molecule has 4 amide bonds. The first-order valence-electron chi connectivity index (χ1n) is 13.2. The highest BCUT2D eigenvalue weighted by Gasteiger charge is 2.73. The lowest BCUT2D eigenvalue weighted by Crippen LogP contribution is -2.51. The van der Waals surface area contributed by atoms with E-state index in [0.717, 1.165) is 27.5 Å². The fraction of sp³-hybridized carbons (Fsp3) is 0.152. The average Bonchev–Trinajstić information content (AvgIpc) is 3.37. The molecule has 4 aromatic carbocycles. The largest absolute Gasteiger partial charge is 0.274 e. The number of benzene rings is 4. The van der Waals surface area contributed by atoms with Crippen LogP contribution in [-0.4, -0.2) is 23.6 Å². The fourth-order valence-electron chi connectivity index (χ4n) is 6.96. The molecule has 0 bridgehead atoms. The van der Waals surface area contributed by atoms with E-state index in [1.807, 2.05) is 18.2 Å². The Balaban J connectivity index is 1.49. The third-order valence-corrected chi connectivity index (χ3v) is 8.60. The third kappa shape index (κ3) is 3.46. The SMILES string of the molecule is O=C1[C@@H]2c3ccccc3[C@H]3C(=O)N(c4ccc(F)cc4)C(=O)[C@]3(Cc3ccccc3)[C@H]2C(=O)N1c1ccc(F)cc1. The second kappa shape index (κ2) is 9.02. The van der Waals surface area contributed by atoms with Gasteiger partial charge in [-0.15, -0.1) is 0 Å². The number of carbonyl (C=O) groups excluding carboxylic acids is 4. The smallest absolute Gasteiger partial charge is 0.242 e. The van der Waals surface area contributed by atoms with Gasteiger partial charge in [0.2, 0.25) is 23.6 Å². The quantitative estimate of drug-likeness (QED) is 0.331. The lowest BCUT2D eigenvalue weighted by Gasteiger charge is -2.43. The first kappa shape index (κ1) is 25.0. The molecule has 7 rings (SSSR count). The molecule has 0 saturated carbocycles. The number of imide groups is 2. The molecule has 0 N–H and O–H groups in total. The summed E-state index contributed by atoms with van der Waals surface area (Å²) in [5, 5.41) is 0.